The minimum absolute atomic E-state index is 0.0370. The number of nitrogens with one attached hydrogen (secondary N) is 2. The summed E-state index contributed by atoms with van der Waals surface area (Å²) in [4.78, 5) is 25.8. The summed E-state index contributed by atoms with van der Waals surface area (Å²) in [6, 6.07) is 11.0. The van der Waals surface area contributed by atoms with Gasteiger partial charge in [-0.15, -0.1) is 10.2 Å². The molecule has 0 bridgehead atoms. The first-order valence-electron chi connectivity index (χ1n) is 8.96. The number of nitrogens with zero attached hydrogens (tertiary/aromatic N) is 3. The van der Waals surface area contributed by atoms with Crippen molar-refractivity contribution in [3.05, 3.63) is 75.6 Å². The summed E-state index contributed by atoms with van der Waals surface area (Å²) >= 11 is 0. The van der Waals surface area contributed by atoms with E-state index in [4.69, 9.17) is 5.73 Å². The topological polar surface area (TPSA) is 160 Å². The number of hydrogen-bond acceptors (Lipinski definition) is 7. The number of benzene rings is 2. The van der Waals surface area contributed by atoms with Gasteiger partial charge in [-0.05, 0) is 17.7 Å². The van der Waals surface area contributed by atoms with Gasteiger partial charge in [-0.3, -0.25) is 14.9 Å². The van der Waals surface area contributed by atoms with Crippen LogP contribution >= 0.6 is 0 Å². The van der Waals surface area contributed by atoms with Crippen LogP contribution in [0.1, 0.15) is 27.7 Å². The van der Waals surface area contributed by atoms with Crippen molar-refractivity contribution in [3.63, 3.8) is 0 Å². The van der Waals surface area contributed by atoms with Crippen molar-refractivity contribution in [3.8, 4) is 16.9 Å². The first kappa shape index (κ1) is 17.6. The highest BCUT2D eigenvalue weighted by molar-refractivity contribution is 6.10. The van der Waals surface area contributed by atoms with E-state index < -0.39 is 28.3 Å². The van der Waals surface area contributed by atoms with Crippen molar-refractivity contribution in [1.82, 2.24) is 15.2 Å². The molecule has 1 aliphatic rings. The Morgan fingerprint density at radius 1 is 1.20 bits per heavy atom. The number of nitrogens with two attached hydrogens (primary N) is 1. The van der Waals surface area contributed by atoms with Crippen LogP contribution in [0.25, 0.3) is 22.2 Å². The molecular formula is C20H14N6O4. The zero-order valence-corrected chi connectivity index (χ0v) is 15.3. The fraction of sp³-hybridized carbons (Fsp3) is 0.0500. The second-order valence-electron chi connectivity index (χ2n) is 6.88. The molecule has 0 aliphatic carbocycles. The lowest BCUT2D eigenvalue weighted by Crippen LogP contribution is -2.15. The van der Waals surface area contributed by atoms with Crippen LogP contribution in [0.2, 0.25) is 0 Å². The van der Waals surface area contributed by atoms with E-state index in [-0.39, 0.29) is 5.69 Å². The average Bonchev–Trinajstić information content (AvgIpc) is 3.09. The van der Waals surface area contributed by atoms with Gasteiger partial charge in [0, 0.05) is 40.0 Å². The third-order valence-electron chi connectivity index (χ3n) is 5.20. The van der Waals surface area contributed by atoms with E-state index in [9.17, 15) is 20.0 Å². The Hall–Kier alpha value is -4.47. The van der Waals surface area contributed by atoms with Crippen LogP contribution in [0, 0.1) is 10.1 Å². The molecule has 2 aromatic heterocycles. The molecule has 2 aromatic carbocycles. The van der Waals surface area contributed by atoms with E-state index in [2.05, 4.69) is 20.5 Å². The lowest BCUT2D eigenvalue weighted by molar-refractivity contribution is -0.385. The van der Waals surface area contributed by atoms with Crippen LogP contribution in [0.3, 0.4) is 0 Å². The molecule has 4 aromatic rings. The monoisotopic (exact) mass is 402 g/mol. The van der Waals surface area contributed by atoms with Gasteiger partial charge in [-0.25, -0.2) is 0 Å². The fourth-order valence-electron chi connectivity index (χ4n) is 3.89. The molecule has 1 unspecified atom stereocenters. The molecule has 5 N–H and O–H groups in total. The quantitative estimate of drug-likeness (QED) is 0.303. The van der Waals surface area contributed by atoms with Crippen molar-refractivity contribution < 1.29 is 14.8 Å². The summed E-state index contributed by atoms with van der Waals surface area (Å²) in [5, 5.41) is 33.3. The number of phenols is 1. The van der Waals surface area contributed by atoms with E-state index >= 15 is 0 Å². The maximum atomic E-state index is 12.1. The number of H-pyrrole nitrogens is 1. The van der Waals surface area contributed by atoms with Crippen LogP contribution < -0.4 is 11.1 Å². The van der Waals surface area contributed by atoms with E-state index in [1.165, 1.54) is 12.1 Å². The van der Waals surface area contributed by atoms with Crippen molar-refractivity contribution in [1.29, 1.82) is 0 Å². The van der Waals surface area contributed by atoms with Crippen molar-refractivity contribution in [2.45, 2.75) is 6.04 Å². The number of aromatic amines is 1. The smallest absolute Gasteiger partial charge is 0.311 e. The summed E-state index contributed by atoms with van der Waals surface area (Å²) in [7, 11) is 0. The van der Waals surface area contributed by atoms with Crippen LogP contribution in [0.4, 0.5) is 11.4 Å². The highest BCUT2D eigenvalue weighted by Crippen LogP contribution is 2.45. The summed E-state index contributed by atoms with van der Waals surface area (Å²) in [6.45, 7) is 0. The Morgan fingerprint density at radius 2 is 2.00 bits per heavy atom. The molecule has 10 nitrogen and oxygen atoms in total. The van der Waals surface area contributed by atoms with Gasteiger partial charge in [-0.1, -0.05) is 24.3 Å². The number of carbonyl (C=O) groups excluding carboxylic acids is 1. The second kappa shape index (κ2) is 6.27. The number of carbonyl (C=O) groups is 1. The molecule has 0 spiro atoms. The Kier molecular flexibility index (Phi) is 3.68. The van der Waals surface area contributed by atoms with Gasteiger partial charge >= 0.3 is 5.69 Å². The minimum Gasteiger partial charge on any atom is -0.502 e. The number of nitro benzene ring substituents is 1. The van der Waals surface area contributed by atoms with Crippen molar-refractivity contribution in [2.24, 2.45) is 5.73 Å². The number of aromatic hydroxyl groups is 1. The predicted octanol–water partition coefficient (Wildman–Crippen LogP) is 2.85. The number of aromatic nitrogens is 3. The fourth-order valence-corrected chi connectivity index (χ4v) is 3.89. The Bertz CT molecular complexity index is 1360. The maximum absolute atomic E-state index is 12.1. The Morgan fingerprint density at radius 3 is 2.77 bits per heavy atom. The maximum Gasteiger partial charge on any atom is 0.311 e. The van der Waals surface area contributed by atoms with Crippen LogP contribution in [-0.4, -0.2) is 31.1 Å². The van der Waals surface area contributed by atoms with Gasteiger partial charge < -0.3 is 21.1 Å². The minimum atomic E-state index is -0.708. The number of phenolic OH excluding ortho intramolecular Hbond substituents is 1. The lowest BCUT2D eigenvalue weighted by Gasteiger charge is -2.19. The number of amides is 1. The summed E-state index contributed by atoms with van der Waals surface area (Å²) in [5.41, 5.74) is 8.90. The second-order valence-corrected chi connectivity index (χ2v) is 6.88. The van der Waals surface area contributed by atoms with Gasteiger partial charge in [0.15, 0.2) is 17.1 Å². The third kappa shape index (κ3) is 2.47. The standard InChI is InChI=1S/C20H14N6O4/c21-19(28)18-15-10-3-1-2-4-12(10)23-17(11-8-22-20(16(11)15)25-24-18)9-5-6-14(27)13(7-9)26(29)30/h1-8,17,23,27H,(H2,21,28)(H,22,25). The van der Waals surface area contributed by atoms with Crippen LogP contribution in [0.15, 0.2) is 48.7 Å². The first-order valence-corrected chi connectivity index (χ1v) is 8.96. The van der Waals surface area contributed by atoms with Gasteiger partial charge in [0.25, 0.3) is 5.91 Å². The normalized spacial score (nSPS) is 14.6. The number of anilines is 1. The molecule has 0 radical (unpaired) electrons. The van der Waals surface area contributed by atoms with Crippen molar-refractivity contribution in [2.75, 3.05) is 5.32 Å². The summed E-state index contributed by atoms with van der Waals surface area (Å²) in [5.74, 6) is -1.13. The molecule has 0 saturated heterocycles. The van der Waals surface area contributed by atoms with Gasteiger partial charge in [-0.2, -0.15) is 0 Å². The van der Waals surface area contributed by atoms with Gasteiger partial charge in [0.05, 0.1) is 11.0 Å². The molecule has 30 heavy (non-hydrogen) atoms. The van der Waals surface area contributed by atoms with E-state index in [1.54, 1.807) is 12.3 Å². The molecule has 1 atom stereocenters. The molecule has 3 heterocycles. The predicted molar refractivity (Wildman–Crippen MR) is 108 cm³/mol. The summed E-state index contributed by atoms with van der Waals surface area (Å²) < 4.78 is 0. The molecule has 1 aliphatic heterocycles. The number of para-hydroxylation sites is 1. The lowest BCUT2D eigenvalue weighted by atomic mass is 9.95. The molecule has 10 heteroatoms. The van der Waals surface area contributed by atoms with Crippen molar-refractivity contribution >= 4 is 28.3 Å². The molecule has 0 fully saturated rings. The number of fused-ring (bicyclic) bond motifs is 2. The Labute approximate surface area is 168 Å². The summed E-state index contributed by atoms with van der Waals surface area (Å²) in [6.07, 6.45) is 1.72. The van der Waals surface area contributed by atoms with E-state index in [0.29, 0.717) is 39.0 Å². The Balaban J connectivity index is 1.85. The highest BCUT2D eigenvalue weighted by atomic mass is 16.6. The van der Waals surface area contributed by atoms with Crippen LogP contribution in [-0.2, 0) is 0 Å². The average molecular weight is 402 g/mol. The highest BCUT2D eigenvalue weighted by Gasteiger charge is 2.30. The number of hydrogen-bond donors (Lipinski definition) is 4. The number of nitro groups is 1. The first-order chi connectivity index (χ1) is 14.5. The van der Waals surface area contributed by atoms with Crippen LogP contribution in [0.5, 0.6) is 5.75 Å². The molecule has 1 amide bonds. The zero-order valence-electron chi connectivity index (χ0n) is 15.3. The zero-order chi connectivity index (χ0) is 21.0. The third-order valence-corrected chi connectivity index (χ3v) is 5.20. The number of primary amides is 1. The van der Waals surface area contributed by atoms with E-state index in [0.717, 1.165) is 0 Å². The SMILES string of the molecule is NC(=O)c1nnc2[nH]cc3c2c1-c1ccccc1NC3c1ccc(O)c([N+](=O)[O-])c1. The molecule has 148 valence electrons. The molecule has 5 rings (SSSR count). The van der Waals surface area contributed by atoms with Gasteiger partial charge in [0.2, 0.25) is 0 Å². The largest absolute Gasteiger partial charge is 0.502 e. The number of rotatable bonds is 3. The molecule has 0 saturated carbocycles. The van der Waals surface area contributed by atoms with E-state index in [1.807, 2.05) is 24.3 Å². The van der Waals surface area contributed by atoms with Gasteiger partial charge in [0.1, 0.15) is 0 Å². The molecular weight excluding hydrogens is 388 g/mol.